The second-order valence-corrected chi connectivity index (χ2v) is 7.23. The zero-order chi connectivity index (χ0) is 15.2. The zero-order valence-electron chi connectivity index (χ0n) is 13.1. The Bertz CT molecular complexity index is 505. The summed E-state index contributed by atoms with van der Waals surface area (Å²) in [7, 11) is 0. The minimum absolute atomic E-state index is 0.0421. The van der Waals surface area contributed by atoms with E-state index in [1.165, 1.54) is 49.6 Å². The summed E-state index contributed by atoms with van der Waals surface area (Å²) in [5, 5.41) is 7.81. The summed E-state index contributed by atoms with van der Waals surface area (Å²) in [5.41, 5.74) is 0.796. The van der Waals surface area contributed by atoms with Crippen molar-refractivity contribution in [2.24, 2.45) is 5.92 Å². The molecule has 1 aromatic rings. The van der Waals surface area contributed by atoms with Crippen molar-refractivity contribution in [3.63, 3.8) is 0 Å². The molecule has 0 amide bonds. The van der Waals surface area contributed by atoms with Gasteiger partial charge in [0.05, 0.1) is 11.9 Å². The largest absolute Gasteiger partial charge is 0.380 e. The molecule has 0 saturated heterocycles. The molecule has 5 heteroatoms. The van der Waals surface area contributed by atoms with Gasteiger partial charge in [-0.05, 0) is 34.7 Å². The standard InChI is InChI=1S/C16H26BrN3O/c1-12(2)11-20-16(21)15(17)14(10-18-20)19-13-8-6-4-3-5-7-9-13/h10,12-13,19H,3-9,11H2,1-2H3. The van der Waals surface area contributed by atoms with Crippen molar-refractivity contribution in [3.05, 3.63) is 21.0 Å². The molecule has 0 unspecified atom stereocenters. The van der Waals surface area contributed by atoms with Crippen LogP contribution in [0.25, 0.3) is 0 Å². The van der Waals surface area contributed by atoms with Gasteiger partial charge in [-0.25, -0.2) is 4.68 Å². The van der Waals surface area contributed by atoms with Crippen molar-refractivity contribution in [2.45, 2.75) is 71.4 Å². The molecule has 2 rings (SSSR count). The highest BCUT2D eigenvalue weighted by molar-refractivity contribution is 9.10. The Hall–Kier alpha value is -0.840. The van der Waals surface area contributed by atoms with Crippen molar-refractivity contribution in [1.29, 1.82) is 0 Å². The SMILES string of the molecule is CC(C)Cn1ncc(NC2CCCCCCC2)c(Br)c1=O. The number of nitrogens with zero attached hydrogens (tertiary/aromatic N) is 2. The number of aromatic nitrogens is 2. The quantitative estimate of drug-likeness (QED) is 0.880. The molecule has 0 spiro atoms. The van der Waals surface area contributed by atoms with Crippen LogP contribution in [0.15, 0.2) is 15.5 Å². The van der Waals surface area contributed by atoms with Gasteiger partial charge in [-0.2, -0.15) is 5.10 Å². The average molecular weight is 356 g/mol. The number of hydrogen-bond donors (Lipinski definition) is 1. The summed E-state index contributed by atoms with van der Waals surface area (Å²) in [6.07, 6.45) is 10.7. The van der Waals surface area contributed by atoms with Gasteiger partial charge in [-0.15, -0.1) is 0 Å². The predicted molar refractivity (Wildman–Crippen MR) is 90.8 cm³/mol. The van der Waals surface area contributed by atoms with Gasteiger partial charge in [0.1, 0.15) is 4.47 Å². The van der Waals surface area contributed by atoms with Gasteiger partial charge >= 0.3 is 0 Å². The van der Waals surface area contributed by atoms with Gasteiger partial charge in [0.15, 0.2) is 0 Å². The maximum atomic E-state index is 12.3. The maximum absolute atomic E-state index is 12.3. The Morgan fingerprint density at radius 3 is 2.52 bits per heavy atom. The summed E-state index contributed by atoms with van der Waals surface area (Å²) in [6.45, 7) is 4.83. The van der Waals surface area contributed by atoms with E-state index in [1.807, 2.05) is 0 Å². The fraction of sp³-hybridized carbons (Fsp3) is 0.750. The van der Waals surface area contributed by atoms with Crippen LogP contribution < -0.4 is 10.9 Å². The van der Waals surface area contributed by atoms with E-state index in [0.29, 0.717) is 23.0 Å². The van der Waals surface area contributed by atoms with Crippen LogP contribution >= 0.6 is 15.9 Å². The molecule has 1 aliphatic carbocycles. The molecule has 21 heavy (non-hydrogen) atoms. The van der Waals surface area contributed by atoms with Gasteiger partial charge < -0.3 is 5.32 Å². The van der Waals surface area contributed by atoms with E-state index in [2.05, 4.69) is 40.2 Å². The zero-order valence-corrected chi connectivity index (χ0v) is 14.7. The minimum Gasteiger partial charge on any atom is -0.380 e. The fourth-order valence-corrected chi connectivity index (χ4v) is 3.28. The van der Waals surface area contributed by atoms with Gasteiger partial charge in [0.2, 0.25) is 0 Å². The van der Waals surface area contributed by atoms with Gasteiger partial charge in [0.25, 0.3) is 5.56 Å². The number of anilines is 1. The first kappa shape index (κ1) is 16.5. The lowest BCUT2D eigenvalue weighted by Gasteiger charge is -2.22. The van der Waals surface area contributed by atoms with Crippen LogP contribution in [0, 0.1) is 5.92 Å². The Morgan fingerprint density at radius 2 is 1.90 bits per heavy atom. The monoisotopic (exact) mass is 355 g/mol. The highest BCUT2D eigenvalue weighted by Gasteiger charge is 2.15. The number of halogens is 1. The summed E-state index contributed by atoms with van der Waals surface area (Å²) in [5.74, 6) is 0.409. The second kappa shape index (κ2) is 7.97. The third-order valence-electron chi connectivity index (χ3n) is 3.99. The molecule has 1 fully saturated rings. The molecule has 0 aromatic carbocycles. The van der Waals surface area contributed by atoms with Crippen LogP contribution in [-0.4, -0.2) is 15.8 Å². The first-order valence-corrected chi connectivity index (χ1v) is 8.89. The van der Waals surface area contributed by atoms with E-state index in [9.17, 15) is 4.79 Å². The summed E-state index contributed by atoms with van der Waals surface area (Å²) in [6, 6.07) is 0.462. The van der Waals surface area contributed by atoms with E-state index in [-0.39, 0.29) is 5.56 Å². The lowest BCUT2D eigenvalue weighted by atomic mass is 9.96. The third-order valence-corrected chi connectivity index (χ3v) is 4.75. The molecular weight excluding hydrogens is 330 g/mol. The van der Waals surface area contributed by atoms with Crippen molar-refractivity contribution < 1.29 is 0 Å². The molecule has 1 saturated carbocycles. The summed E-state index contributed by atoms with van der Waals surface area (Å²) >= 11 is 3.45. The smallest absolute Gasteiger partial charge is 0.283 e. The van der Waals surface area contributed by atoms with E-state index in [4.69, 9.17) is 0 Å². The first-order valence-electron chi connectivity index (χ1n) is 8.10. The van der Waals surface area contributed by atoms with Crippen molar-refractivity contribution in [2.75, 3.05) is 5.32 Å². The molecule has 0 radical (unpaired) electrons. The molecule has 1 N–H and O–H groups in total. The van der Waals surface area contributed by atoms with Crippen molar-refractivity contribution in [1.82, 2.24) is 9.78 Å². The minimum atomic E-state index is -0.0421. The molecule has 1 heterocycles. The van der Waals surface area contributed by atoms with Crippen LogP contribution in [0.3, 0.4) is 0 Å². The Morgan fingerprint density at radius 1 is 1.29 bits per heavy atom. The van der Waals surface area contributed by atoms with Crippen LogP contribution in [-0.2, 0) is 6.54 Å². The normalized spacial score (nSPS) is 17.5. The van der Waals surface area contributed by atoms with Crippen molar-refractivity contribution >= 4 is 21.6 Å². The second-order valence-electron chi connectivity index (χ2n) is 6.44. The van der Waals surface area contributed by atoms with Crippen LogP contribution in [0.1, 0.15) is 58.8 Å². The van der Waals surface area contributed by atoms with Crippen LogP contribution in [0.4, 0.5) is 5.69 Å². The summed E-state index contributed by atoms with van der Waals surface area (Å²) in [4.78, 5) is 12.3. The first-order chi connectivity index (χ1) is 10.1. The Labute approximate surface area is 135 Å². The molecule has 1 aliphatic rings. The van der Waals surface area contributed by atoms with Gasteiger partial charge in [0, 0.05) is 12.6 Å². The lowest BCUT2D eigenvalue weighted by Crippen LogP contribution is -2.28. The van der Waals surface area contributed by atoms with Crippen LogP contribution in [0.2, 0.25) is 0 Å². The highest BCUT2D eigenvalue weighted by atomic mass is 79.9. The highest BCUT2D eigenvalue weighted by Crippen LogP contribution is 2.23. The Kier molecular flexibility index (Phi) is 6.27. The number of rotatable bonds is 4. The summed E-state index contributed by atoms with van der Waals surface area (Å²) < 4.78 is 2.15. The fourth-order valence-electron chi connectivity index (χ4n) is 2.86. The van der Waals surface area contributed by atoms with E-state index in [0.717, 1.165) is 5.69 Å². The van der Waals surface area contributed by atoms with Gasteiger partial charge in [-0.1, -0.05) is 46.0 Å². The Balaban J connectivity index is 2.09. The molecule has 0 atom stereocenters. The molecule has 0 bridgehead atoms. The van der Waals surface area contributed by atoms with E-state index < -0.39 is 0 Å². The van der Waals surface area contributed by atoms with Gasteiger partial charge in [-0.3, -0.25) is 4.79 Å². The van der Waals surface area contributed by atoms with Crippen LogP contribution in [0.5, 0.6) is 0 Å². The van der Waals surface area contributed by atoms with E-state index in [1.54, 1.807) is 6.20 Å². The molecule has 1 aromatic heterocycles. The molecule has 118 valence electrons. The number of nitrogens with one attached hydrogen (secondary N) is 1. The van der Waals surface area contributed by atoms with E-state index >= 15 is 0 Å². The number of hydrogen-bond acceptors (Lipinski definition) is 3. The maximum Gasteiger partial charge on any atom is 0.283 e. The molecular formula is C16H26BrN3O. The molecule has 4 nitrogen and oxygen atoms in total. The van der Waals surface area contributed by atoms with Crippen molar-refractivity contribution in [3.8, 4) is 0 Å². The predicted octanol–water partition coefficient (Wildman–Crippen LogP) is 4.19. The average Bonchev–Trinajstić information content (AvgIpc) is 2.40. The topological polar surface area (TPSA) is 46.9 Å². The third kappa shape index (κ3) is 4.83. The molecule has 0 aliphatic heterocycles. The lowest BCUT2D eigenvalue weighted by molar-refractivity contribution is 0.459.